The molecule has 0 saturated carbocycles. The van der Waals surface area contributed by atoms with Gasteiger partial charge in [0.1, 0.15) is 11.6 Å². The van der Waals surface area contributed by atoms with Gasteiger partial charge in [-0.1, -0.05) is 18.2 Å². The summed E-state index contributed by atoms with van der Waals surface area (Å²) in [6.45, 7) is -0.251. The molecule has 0 aliphatic rings. The number of nitriles is 1. The van der Waals surface area contributed by atoms with Gasteiger partial charge in [-0.3, -0.25) is 4.79 Å². The lowest BCUT2D eigenvalue weighted by molar-refractivity contribution is -0.118. The number of carbonyl (C=O) groups excluding carboxylic acids is 1. The van der Waals surface area contributed by atoms with Crippen LogP contribution in [0.1, 0.15) is 5.56 Å². The van der Waals surface area contributed by atoms with Gasteiger partial charge in [0, 0.05) is 6.20 Å². The minimum Gasteiger partial charge on any atom is -0.493 e. The molecule has 3 aromatic rings. The van der Waals surface area contributed by atoms with Crippen LogP contribution in [0.25, 0.3) is 5.82 Å². The molecule has 130 valence electrons. The summed E-state index contributed by atoms with van der Waals surface area (Å²) in [4.78, 5) is 16.5. The molecule has 26 heavy (non-hydrogen) atoms. The van der Waals surface area contributed by atoms with E-state index in [2.05, 4.69) is 15.4 Å². The van der Waals surface area contributed by atoms with E-state index in [-0.39, 0.29) is 18.0 Å². The van der Waals surface area contributed by atoms with Gasteiger partial charge in [0.2, 0.25) is 0 Å². The van der Waals surface area contributed by atoms with Crippen LogP contribution in [0.2, 0.25) is 0 Å². The smallest absolute Gasteiger partial charge is 0.263 e. The molecule has 8 heteroatoms. The van der Waals surface area contributed by atoms with E-state index in [1.165, 1.54) is 18.0 Å². The summed E-state index contributed by atoms with van der Waals surface area (Å²) in [5.41, 5.74) is 0.223. The molecule has 0 aliphatic heterocycles. The third-order valence-corrected chi connectivity index (χ3v) is 3.44. The molecule has 0 aliphatic carbocycles. The molecule has 0 bridgehead atoms. The molecule has 8 nitrogen and oxygen atoms in total. The molecule has 1 aromatic carbocycles. The van der Waals surface area contributed by atoms with E-state index in [0.29, 0.717) is 17.3 Å². The normalized spacial score (nSPS) is 10.0. The third-order valence-electron chi connectivity index (χ3n) is 3.44. The fourth-order valence-electron chi connectivity index (χ4n) is 2.25. The summed E-state index contributed by atoms with van der Waals surface area (Å²) in [5, 5.41) is 16.0. The topological polar surface area (TPSA) is 102 Å². The second-order valence-corrected chi connectivity index (χ2v) is 5.11. The number of aromatic nitrogens is 3. The number of rotatable bonds is 6. The molecule has 0 fully saturated rings. The molecule has 3 rings (SSSR count). The van der Waals surface area contributed by atoms with Gasteiger partial charge < -0.3 is 14.8 Å². The zero-order valence-electron chi connectivity index (χ0n) is 13.9. The van der Waals surface area contributed by atoms with Crippen LogP contribution in [-0.2, 0) is 4.79 Å². The van der Waals surface area contributed by atoms with Crippen LogP contribution in [0.5, 0.6) is 11.5 Å². The van der Waals surface area contributed by atoms with E-state index in [0.717, 1.165) is 0 Å². The molecule has 0 atom stereocenters. The van der Waals surface area contributed by atoms with E-state index in [1.54, 1.807) is 48.7 Å². The van der Waals surface area contributed by atoms with Crippen LogP contribution in [0.3, 0.4) is 0 Å². The molecule has 0 radical (unpaired) electrons. The summed E-state index contributed by atoms with van der Waals surface area (Å²) >= 11 is 0. The van der Waals surface area contributed by atoms with Crippen LogP contribution in [0.4, 0.5) is 5.82 Å². The van der Waals surface area contributed by atoms with Gasteiger partial charge in [-0.25, -0.2) is 4.98 Å². The Bertz CT molecular complexity index is 947. The SMILES string of the molecule is COc1ccccc1OCC(=O)Nc1c(C#N)cnn1-c1ccccn1. The summed E-state index contributed by atoms with van der Waals surface area (Å²) < 4.78 is 12.1. The predicted octanol–water partition coefficient (Wildman–Crippen LogP) is 2.17. The summed E-state index contributed by atoms with van der Waals surface area (Å²) in [6.07, 6.45) is 2.96. The molecule has 2 heterocycles. The summed E-state index contributed by atoms with van der Waals surface area (Å²) in [5.74, 6) is 1.25. The van der Waals surface area contributed by atoms with Crippen LogP contribution < -0.4 is 14.8 Å². The van der Waals surface area contributed by atoms with Crippen molar-refractivity contribution < 1.29 is 14.3 Å². The number of carbonyl (C=O) groups is 1. The average molecular weight is 349 g/mol. The van der Waals surface area contributed by atoms with Gasteiger partial charge >= 0.3 is 0 Å². The predicted molar refractivity (Wildman–Crippen MR) is 93.2 cm³/mol. The quantitative estimate of drug-likeness (QED) is 0.732. The van der Waals surface area contributed by atoms with Crippen molar-refractivity contribution in [1.82, 2.24) is 14.8 Å². The number of pyridine rings is 1. The zero-order valence-corrected chi connectivity index (χ0v) is 13.9. The van der Waals surface area contributed by atoms with E-state index < -0.39 is 5.91 Å². The number of benzene rings is 1. The van der Waals surface area contributed by atoms with Gasteiger partial charge in [-0.05, 0) is 24.3 Å². The first-order valence-electron chi connectivity index (χ1n) is 7.68. The highest BCUT2D eigenvalue weighted by Crippen LogP contribution is 2.25. The van der Waals surface area contributed by atoms with Gasteiger partial charge in [0.15, 0.2) is 29.7 Å². The van der Waals surface area contributed by atoms with Crippen LogP contribution in [0, 0.1) is 11.3 Å². The van der Waals surface area contributed by atoms with Crippen LogP contribution in [-0.4, -0.2) is 34.4 Å². The Balaban J connectivity index is 1.75. The largest absolute Gasteiger partial charge is 0.493 e. The van der Waals surface area contributed by atoms with Crippen molar-refractivity contribution >= 4 is 11.7 Å². The number of hydrogen-bond donors (Lipinski definition) is 1. The maximum atomic E-state index is 12.3. The van der Waals surface area contributed by atoms with Crippen molar-refractivity contribution in [3.63, 3.8) is 0 Å². The van der Waals surface area contributed by atoms with Crippen molar-refractivity contribution in [2.75, 3.05) is 19.0 Å². The number of ether oxygens (including phenoxy) is 2. The van der Waals surface area contributed by atoms with Crippen molar-refractivity contribution in [2.24, 2.45) is 0 Å². The minimum atomic E-state index is -0.440. The van der Waals surface area contributed by atoms with Gasteiger partial charge in [-0.2, -0.15) is 15.0 Å². The monoisotopic (exact) mass is 349 g/mol. The van der Waals surface area contributed by atoms with E-state index in [1.807, 2.05) is 6.07 Å². The molecular weight excluding hydrogens is 334 g/mol. The Morgan fingerprint density at radius 3 is 2.69 bits per heavy atom. The lowest BCUT2D eigenvalue weighted by atomic mass is 10.3. The number of nitrogens with zero attached hydrogens (tertiary/aromatic N) is 4. The number of methoxy groups -OCH3 is 1. The van der Waals surface area contributed by atoms with E-state index in [4.69, 9.17) is 9.47 Å². The second-order valence-electron chi connectivity index (χ2n) is 5.11. The first-order chi connectivity index (χ1) is 12.7. The number of anilines is 1. The first kappa shape index (κ1) is 17.0. The Kier molecular flexibility index (Phi) is 5.10. The summed E-state index contributed by atoms with van der Waals surface area (Å²) in [6, 6.07) is 14.3. The van der Waals surface area contributed by atoms with Gasteiger partial charge in [0.05, 0.1) is 13.3 Å². The second kappa shape index (κ2) is 7.81. The van der Waals surface area contributed by atoms with Crippen molar-refractivity contribution in [1.29, 1.82) is 5.26 Å². The Morgan fingerprint density at radius 2 is 2.00 bits per heavy atom. The van der Waals surface area contributed by atoms with Crippen LogP contribution >= 0.6 is 0 Å². The zero-order chi connectivity index (χ0) is 18.4. The van der Waals surface area contributed by atoms with Crippen LogP contribution in [0.15, 0.2) is 54.9 Å². The van der Waals surface area contributed by atoms with Crippen molar-refractivity contribution in [3.05, 3.63) is 60.4 Å². The summed E-state index contributed by atoms with van der Waals surface area (Å²) in [7, 11) is 1.52. The fraction of sp³-hybridized carbons (Fsp3) is 0.111. The first-order valence-corrected chi connectivity index (χ1v) is 7.68. The Morgan fingerprint density at radius 1 is 1.23 bits per heavy atom. The number of amides is 1. The lowest BCUT2D eigenvalue weighted by Gasteiger charge is -2.11. The molecule has 0 spiro atoms. The Hall–Kier alpha value is -3.86. The highest BCUT2D eigenvalue weighted by atomic mass is 16.5. The third kappa shape index (κ3) is 3.62. The van der Waals surface area contributed by atoms with E-state index in [9.17, 15) is 10.1 Å². The van der Waals surface area contributed by atoms with Gasteiger partial charge in [-0.15, -0.1) is 0 Å². The maximum absolute atomic E-state index is 12.3. The fourth-order valence-corrected chi connectivity index (χ4v) is 2.25. The molecule has 1 amide bonds. The minimum absolute atomic E-state index is 0.223. The van der Waals surface area contributed by atoms with E-state index >= 15 is 0 Å². The van der Waals surface area contributed by atoms with Gasteiger partial charge in [0.25, 0.3) is 5.91 Å². The molecule has 0 unspecified atom stereocenters. The molecule has 1 N–H and O–H groups in total. The number of para-hydroxylation sites is 2. The maximum Gasteiger partial charge on any atom is 0.263 e. The lowest BCUT2D eigenvalue weighted by Crippen LogP contribution is -2.22. The average Bonchev–Trinajstić information content (AvgIpc) is 3.09. The molecule has 0 saturated heterocycles. The standard InChI is InChI=1S/C18H15N5O3/c1-25-14-6-2-3-7-15(14)26-12-17(24)22-18-13(10-19)11-21-23(18)16-8-4-5-9-20-16/h2-9,11H,12H2,1H3,(H,22,24). The Labute approximate surface area is 149 Å². The highest BCUT2D eigenvalue weighted by Gasteiger charge is 2.16. The van der Waals surface area contributed by atoms with Crippen molar-refractivity contribution in [2.45, 2.75) is 0 Å². The molecule has 2 aromatic heterocycles. The highest BCUT2D eigenvalue weighted by molar-refractivity contribution is 5.92. The number of hydrogen-bond acceptors (Lipinski definition) is 6. The van der Waals surface area contributed by atoms with Crippen molar-refractivity contribution in [3.8, 4) is 23.4 Å². The molecular formula is C18H15N5O3. The number of nitrogens with one attached hydrogen (secondary N) is 1.